The van der Waals surface area contributed by atoms with Crippen LogP contribution in [0.3, 0.4) is 0 Å². The van der Waals surface area contributed by atoms with E-state index >= 15 is 0 Å². The van der Waals surface area contributed by atoms with Gasteiger partial charge in [0.15, 0.2) is 0 Å². The summed E-state index contributed by atoms with van der Waals surface area (Å²) in [6.07, 6.45) is 0. The smallest absolute Gasteiger partial charge is 0.237 e. The Morgan fingerprint density at radius 2 is 2.28 bits per heavy atom. The number of nitrogens with two attached hydrogens (primary N) is 1. The molecule has 0 unspecified atom stereocenters. The highest BCUT2D eigenvalue weighted by molar-refractivity contribution is 5.85. The maximum absolute atomic E-state index is 11.3. The SMILES string of the molecule is Cc1ccc2nc(CNC(=O)[C@@H](C)N)[nH]c2c1.Cl. The van der Waals surface area contributed by atoms with Crippen molar-refractivity contribution in [2.45, 2.75) is 26.4 Å². The lowest BCUT2D eigenvalue weighted by molar-refractivity contribution is -0.122. The molecule has 0 aliphatic carbocycles. The number of H-pyrrole nitrogens is 1. The molecule has 0 spiro atoms. The van der Waals surface area contributed by atoms with Gasteiger partial charge in [0.25, 0.3) is 0 Å². The van der Waals surface area contributed by atoms with Gasteiger partial charge >= 0.3 is 0 Å². The van der Waals surface area contributed by atoms with Gasteiger partial charge in [-0.25, -0.2) is 4.98 Å². The number of rotatable bonds is 3. The Labute approximate surface area is 112 Å². The first kappa shape index (κ1) is 14.5. The van der Waals surface area contributed by atoms with Gasteiger partial charge in [-0.3, -0.25) is 4.79 Å². The monoisotopic (exact) mass is 268 g/mol. The van der Waals surface area contributed by atoms with E-state index in [2.05, 4.69) is 15.3 Å². The first-order chi connectivity index (χ1) is 8.06. The average Bonchev–Trinajstić information content (AvgIpc) is 2.67. The molecule has 0 radical (unpaired) electrons. The number of imidazole rings is 1. The number of nitrogens with one attached hydrogen (secondary N) is 2. The summed E-state index contributed by atoms with van der Waals surface area (Å²) < 4.78 is 0. The van der Waals surface area contributed by atoms with Crippen LogP contribution in [0.15, 0.2) is 18.2 Å². The van der Waals surface area contributed by atoms with E-state index in [1.165, 1.54) is 5.56 Å². The highest BCUT2D eigenvalue weighted by Gasteiger charge is 2.08. The number of amides is 1. The molecule has 0 saturated carbocycles. The molecule has 4 N–H and O–H groups in total. The van der Waals surface area contributed by atoms with Crippen molar-refractivity contribution in [2.24, 2.45) is 5.73 Å². The van der Waals surface area contributed by atoms with Crippen molar-refractivity contribution in [3.63, 3.8) is 0 Å². The summed E-state index contributed by atoms with van der Waals surface area (Å²) in [5.41, 5.74) is 8.51. The number of aromatic nitrogens is 2. The molecule has 2 aromatic rings. The van der Waals surface area contributed by atoms with Crippen molar-refractivity contribution >= 4 is 29.3 Å². The summed E-state index contributed by atoms with van der Waals surface area (Å²) in [6.45, 7) is 4.04. The minimum atomic E-state index is -0.498. The standard InChI is InChI=1S/C12H16N4O.ClH/c1-7-3-4-9-10(5-7)16-11(15-9)6-14-12(17)8(2)13;/h3-5,8H,6,13H2,1-2H3,(H,14,17)(H,15,16);1H/t8-;/m1./s1. The molecule has 2 rings (SSSR count). The minimum absolute atomic E-state index is 0. The lowest BCUT2D eigenvalue weighted by atomic mass is 10.2. The molecule has 0 bridgehead atoms. The Bertz CT molecular complexity index is 550. The Balaban J connectivity index is 0.00000162. The quantitative estimate of drug-likeness (QED) is 0.783. The van der Waals surface area contributed by atoms with Crippen LogP contribution in [-0.2, 0) is 11.3 Å². The molecule has 1 aromatic heterocycles. The topological polar surface area (TPSA) is 83.8 Å². The van der Waals surface area contributed by atoms with Crippen molar-refractivity contribution in [1.82, 2.24) is 15.3 Å². The van der Waals surface area contributed by atoms with E-state index in [-0.39, 0.29) is 18.3 Å². The normalized spacial score (nSPS) is 11.9. The third-order valence-corrected chi connectivity index (χ3v) is 2.53. The second-order valence-corrected chi connectivity index (χ2v) is 4.21. The number of fused-ring (bicyclic) bond motifs is 1. The minimum Gasteiger partial charge on any atom is -0.348 e. The zero-order valence-corrected chi connectivity index (χ0v) is 11.2. The second-order valence-electron chi connectivity index (χ2n) is 4.21. The van der Waals surface area contributed by atoms with Crippen molar-refractivity contribution in [1.29, 1.82) is 0 Å². The van der Waals surface area contributed by atoms with E-state index in [1.54, 1.807) is 6.92 Å². The molecule has 1 atom stereocenters. The van der Waals surface area contributed by atoms with Crippen LogP contribution in [-0.4, -0.2) is 21.9 Å². The predicted molar refractivity (Wildman–Crippen MR) is 73.6 cm³/mol. The predicted octanol–water partition coefficient (Wildman–Crippen LogP) is 1.26. The fourth-order valence-corrected chi connectivity index (χ4v) is 1.59. The zero-order chi connectivity index (χ0) is 12.4. The second kappa shape index (κ2) is 5.84. The Morgan fingerprint density at radius 1 is 1.56 bits per heavy atom. The largest absolute Gasteiger partial charge is 0.348 e. The molecule has 5 nitrogen and oxygen atoms in total. The maximum atomic E-state index is 11.3. The number of carbonyl (C=O) groups excluding carboxylic acids is 1. The van der Waals surface area contributed by atoms with Gasteiger partial charge in [0.1, 0.15) is 5.82 Å². The van der Waals surface area contributed by atoms with Crippen LogP contribution in [0.5, 0.6) is 0 Å². The molecule has 18 heavy (non-hydrogen) atoms. The molecular formula is C12H17ClN4O. The summed E-state index contributed by atoms with van der Waals surface area (Å²) >= 11 is 0. The molecule has 0 aliphatic rings. The Hall–Kier alpha value is -1.59. The molecule has 98 valence electrons. The molecule has 1 aromatic carbocycles. The van der Waals surface area contributed by atoms with Crippen LogP contribution in [0.2, 0.25) is 0 Å². The van der Waals surface area contributed by atoms with Crippen LogP contribution in [0, 0.1) is 6.92 Å². The number of nitrogens with zero attached hydrogens (tertiary/aromatic N) is 1. The first-order valence-corrected chi connectivity index (χ1v) is 5.55. The van der Waals surface area contributed by atoms with E-state index in [1.807, 2.05) is 25.1 Å². The third-order valence-electron chi connectivity index (χ3n) is 2.53. The fraction of sp³-hybridized carbons (Fsp3) is 0.333. The number of carbonyl (C=O) groups is 1. The molecule has 0 fully saturated rings. The molecule has 0 saturated heterocycles. The number of hydrogen-bond donors (Lipinski definition) is 3. The van der Waals surface area contributed by atoms with Crippen LogP contribution in [0.1, 0.15) is 18.3 Å². The van der Waals surface area contributed by atoms with E-state index < -0.39 is 6.04 Å². The van der Waals surface area contributed by atoms with Crippen molar-refractivity contribution in [3.05, 3.63) is 29.6 Å². The molecule has 0 aliphatic heterocycles. The summed E-state index contributed by atoms with van der Waals surface area (Å²) in [4.78, 5) is 18.8. The lowest BCUT2D eigenvalue weighted by Gasteiger charge is -2.05. The summed E-state index contributed by atoms with van der Waals surface area (Å²) in [5.74, 6) is 0.557. The zero-order valence-electron chi connectivity index (χ0n) is 10.4. The van der Waals surface area contributed by atoms with Crippen molar-refractivity contribution < 1.29 is 4.79 Å². The average molecular weight is 269 g/mol. The summed E-state index contributed by atoms with van der Waals surface area (Å²) in [6, 6.07) is 5.49. The summed E-state index contributed by atoms with van der Waals surface area (Å²) in [7, 11) is 0. The van der Waals surface area contributed by atoms with Gasteiger partial charge in [0.2, 0.25) is 5.91 Å². The number of aryl methyl sites for hydroxylation is 1. The van der Waals surface area contributed by atoms with E-state index in [0.29, 0.717) is 6.54 Å². The van der Waals surface area contributed by atoms with Gasteiger partial charge in [-0.05, 0) is 31.5 Å². The lowest BCUT2D eigenvalue weighted by Crippen LogP contribution is -2.38. The number of benzene rings is 1. The van der Waals surface area contributed by atoms with Gasteiger partial charge in [0.05, 0.1) is 23.6 Å². The highest BCUT2D eigenvalue weighted by atomic mass is 35.5. The van der Waals surface area contributed by atoms with Crippen molar-refractivity contribution in [2.75, 3.05) is 0 Å². The van der Waals surface area contributed by atoms with Crippen LogP contribution in [0.4, 0.5) is 0 Å². The number of halogens is 1. The molecular weight excluding hydrogens is 252 g/mol. The van der Waals surface area contributed by atoms with Crippen LogP contribution >= 0.6 is 12.4 Å². The van der Waals surface area contributed by atoms with E-state index in [0.717, 1.165) is 16.9 Å². The number of aromatic amines is 1. The van der Waals surface area contributed by atoms with Gasteiger partial charge < -0.3 is 16.0 Å². The molecule has 6 heteroatoms. The molecule has 1 heterocycles. The Kier molecular flexibility index (Phi) is 4.69. The van der Waals surface area contributed by atoms with Gasteiger partial charge in [0, 0.05) is 0 Å². The van der Waals surface area contributed by atoms with Crippen molar-refractivity contribution in [3.8, 4) is 0 Å². The first-order valence-electron chi connectivity index (χ1n) is 5.55. The third kappa shape index (κ3) is 3.21. The Morgan fingerprint density at radius 3 is 2.94 bits per heavy atom. The number of hydrogen-bond acceptors (Lipinski definition) is 3. The van der Waals surface area contributed by atoms with Gasteiger partial charge in [-0.2, -0.15) is 0 Å². The van der Waals surface area contributed by atoms with Gasteiger partial charge in [-0.1, -0.05) is 6.07 Å². The van der Waals surface area contributed by atoms with E-state index in [9.17, 15) is 4.79 Å². The summed E-state index contributed by atoms with van der Waals surface area (Å²) in [5, 5.41) is 2.72. The highest BCUT2D eigenvalue weighted by Crippen LogP contribution is 2.12. The van der Waals surface area contributed by atoms with E-state index in [4.69, 9.17) is 5.73 Å². The maximum Gasteiger partial charge on any atom is 0.237 e. The van der Waals surface area contributed by atoms with Crippen LogP contribution in [0.25, 0.3) is 11.0 Å². The fourth-order valence-electron chi connectivity index (χ4n) is 1.59. The van der Waals surface area contributed by atoms with Gasteiger partial charge in [-0.15, -0.1) is 12.4 Å². The molecule has 1 amide bonds. The van der Waals surface area contributed by atoms with Crippen LogP contribution < -0.4 is 11.1 Å².